The highest BCUT2D eigenvalue weighted by Gasteiger charge is 2.21. The molecule has 37 heavy (non-hydrogen) atoms. The van der Waals surface area contributed by atoms with Crippen molar-refractivity contribution in [3.63, 3.8) is 0 Å². The van der Waals surface area contributed by atoms with Crippen molar-refractivity contribution >= 4 is 17.0 Å². The molecule has 0 radical (unpaired) electrons. The Hall–Kier alpha value is -3.63. The highest BCUT2D eigenvalue weighted by Crippen LogP contribution is 2.29. The van der Waals surface area contributed by atoms with E-state index < -0.39 is 5.82 Å². The third kappa shape index (κ3) is 5.55. The molecule has 1 aromatic carbocycles. The lowest BCUT2D eigenvalue weighted by Gasteiger charge is -2.29. The van der Waals surface area contributed by atoms with Crippen molar-refractivity contribution in [3.05, 3.63) is 59.7 Å². The number of benzene rings is 1. The van der Waals surface area contributed by atoms with Crippen LogP contribution in [0.1, 0.15) is 43.7 Å². The molecule has 1 fully saturated rings. The third-order valence-electron chi connectivity index (χ3n) is 6.86. The predicted molar refractivity (Wildman–Crippen MR) is 141 cm³/mol. The zero-order chi connectivity index (χ0) is 25.8. The Morgan fingerprint density at radius 3 is 2.54 bits per heavy atom. The van der Waals surface area contributed by atoms with E-state index in [4.69, 9.17) is 16.2 Å². The van der Waals surface area contributed by atoms with E-state index in [0.29, 0.717) is 48.3 Å². The first kappa shape index (κ1) is 25.0. The van der Waals surface area contributed by atoms with Crippen LogP contribution in [0.2, 0.25) is 0 Å². The van der Waals surface area contributed by atoms with Crippen LogP contribution in [0.4, 0.5) is 10.2 Å². The van der Waals surface area contributed by atoms with Gasteiger partial charge >= 0.3 is 6.01 Å². The quantitative estimate of drug-likeness (QED) is 0.372. The second-order valence-corrected chi connectivity index (χ2v) is 9.44. The molecular weight excluding hydrogens is 471 g/mol. The van der Waals surface area contributed by atoms with Crippen molar-refractivity contribution in [1.29, 1.82) is 0 Å². The average molecular weight is 505 g/mol. The van der Waals surface area contributed by atoms with Crippen molar-refractivity contribution in [2.45, 2.75) is 51.7 Å². The second-order valence-electron chi connectivity index (χ2n) is 9.44. The van der Waals surface area contributed by atoms with Gasteiger partial charge in [0, 0.05) is 30.9 Å². The highest BCUT2D eigenvalue weighted by molar-refractivity contribution is 5.85. The molecule has 0 spiro atoms. The molecule has 1 unspecified atom stereocenters. The minimum absolute atomic E-state index is 0.180. The smallest absolute Gasteiger partial charge is 0.320 e. The number of ether oxygens (including phenoxy) is 1. The topological polar surface area (TPSA) is 121 Å². The van der Waals surface area contributed by atoms with Gasteiger partial charge in [0.05, 0.1) is 19.3 Å². The van der Waals surface area contributed by atoms with Crippen LogP contribution in [0.25, 0.3) is 22.6 Å². The van der Waals surface area contributed by atoms with E-state index in [1.165, 1.54) is 30.9 Å². The zero-order valence-electron chi connectivity index (χ0n) is 21.1. The van der Waals surface area contributed by atoms with Gasteiger partial charge in [0.1, 0.15) is 11.6 Å². The number of likely N-dealkylation sites (tertiary alicyclic amines) is 1. The lowest BCUT2D eigenvalue weighted by Crippen LogP contribution is -2.39. The molecule has 1 atom stereocenters. The van der Waals surface area contributed by atoms with Crippen LogP contribution in [0, 0.1) is 5.82 Å². The van der Waals surface area contributed by atoms with Crippen LogP contribution in [-0.4, -0.2) is 55.1 Å². The molecular formula is C27H33FN8O. The summed E-state index contributed by atoms with van der Waals surface area (Å²) in [5.41, 5.74) is 16.1. The van der Waals surface area contributed by atoms with Gasteiger partial charge in [-0.3, -0.25) is 9.88 Å². The van der Waals surface area contributed by atoms with Gasteiger partial charge in [-0.05, 0) is 43.5 Å². The molecule has 0 amide bonds. The third-order valence-corrected chi connectivity index (χ3v) is 6.86. The van der Waals surface area contributed by atoms with E-state index >= 15 is 0 Å². The summed E-state index contributed by atoms with van der Waals surface area (Å²) in [6.07, 6.45) is 7.64. The summed E-state index contributed by atoms with van der Waals surface area (Å²) in [5, 5.41) is 0. The summed E-state index contributed by atoms with van der Waals surface area (Å²) in [6.45, 7) is 5.38. The number of nitrogens with two attached hydrogens (primary N) is 2. The molecule has 5 rings (SSSR count). The summed E-state index contributed by atoms with van der Waals surface area (Å²) in [5.74, 6) is 0.273. The molecule has 194 valence electrons. The van der Waals surface area contributed by atoms with Gasteiger partial charge in [0.15, 0.2) is 17.0 Å². The number of fused-ring (bicyclic) bond motifs is 1. The Morgan fingerprint density at radius 2 is 1.81 bits per heavy atom. The van der Waals surface area contributed by atoms with E-state index in [2.05, 4.69) is 49.1 Å². The molecule has 9 nitrogen and oxygen atoms in total. The molecule has 1 aliphatic heterocycles. The molecule has 4 N–H and O–H groups in total. The van der Waals surface area contributed by atoms with Crippen molar-refractivity contribution in [2.24, 2.45) is 5.73 Å². The Kier molecular flexibility index (Phi) is 7.57. The number of nitrogens with zero attached hydrogens (tertiary/aromatic N) is 6. The Labute approximate surface area is 215 Å². The van der Waals surface area contributed by atoms with Crippen molar-refractivity contribution in [1.82, 2.24) is 29.4 Å². The number of hydrogen-bond donors (Lipinski definition) is 2. The molecule has 0 aliphatic carbocycles. The molecule has 0 saturated carbocycles. The monoisotopic (exact) mass is 504 g/mol. The fourth-order valence-corrected chi connectivity index (χ4v) is 4.98. The zero-order valence-corrected chi connectivity index (χ0v) is 21.1. The molecule has 3 aromatic heterocycles. The summed E-state index contributed by atoms with van der Waals surface area (Å²) in [7, 11) is 0. The minimum Gasteiger partial charge on any atom is -0.464 e. The maximum Gasteiger partial charge on any atom is 0.320 e. The summed E-state index contributed by atoms with van der Waals surface area (Å²) in [4.78, 5) is 20.0. The maximum absolute atomic E-state index is 14.0. The van der Waals surface area contributed by atoms with Crippen molar-refractivity contribution in [3.8, 4) is 17.4 Å². The molecule has 10 heteroatoms. The Morgan fingerprint density at radius 1 is 1.03 bits per heavy atom. The molecule has 1 saturated heterocycles. The Balaban J connectivity index is 1.47. The molecule has 0 bridgehead atoms. The van der Waals surface area contributed by atoms with E-state index in [9.17, 15) is 4.39 Å². The fraction of sp³-hybridized carbons (Fsp3) is 0.407. The van der Waals surface area contributed by atoms with Gasteiger partial charge in [-0.1, -0.05) is 37.1 Å². The summed E-state index contributed by atoms with van der Waals surface area (Å²) in [6, 6.07) is 10.6. The first-order valence-electron chi connectivity index (χ1n) is 12.8. The van der Waals surface area contributed by atoms with Crippen LogP contribution in [0.3, 0.4) is 0 Å². The van der Waals surface area contributed by atoms with Crippen LogP contribution < -0.4 is 16.2 Å². The number of rotatable bonds is 8. The first-order valence-corrected chi connectivity index (χ1v) is 12.8. The van der Waals surface area contributed by atoms with Gasteiger partial charge in [0.2, 0.25) is 0 Å². The Bertz CT molecular complexity index is 1360. The fourth-order valence-electron chi connectivity index (χ4n) is 4.98. The standard InChI is InChI=1S/C27H33FN8O/c1-2-37-27-33-24(30)23-26(34-27)36(25(32-23)20-12-21(28)15-31-14-20)17-19-9-7-18(8-10-19)16-35-11-5-3-4-6-22(35)13-29/h7-10,12,14-15,22H,2-6,11,13,16-17,29H2,1H3,(H2,30,33,34). The number of pyridine rings is 1. The minimum atomic E-state index is -0.446. The van der Waals surface area contributed by atoms with E-state index in [1.807, 2.05) is 11.5 Å². The predicted octanol–water partition coefficient (Wildman–Crippen LogP) is 3.76. The van der Waals surface area contributed by atoms with E-state index in [1.54, 1.807) is 6.20 Å². The van der Waals surface area contributed by atoms with Gasteiger partial charge < -0.3 is 20.8 Å². The van der Waals surface area contributed by atoms with Crippen molar-refractivity contribution in [2.75, 3.05) is 25.4 Å². The number of nitrogen functional groups attached to an aromatic ring is 1. The summed E-state index contributed by atoms with van der Waals surface area (Å²) < 4.78 is 21.5. The second kappa shape index (κ2) is 11.2. The number of hydrogen-bond acceptors (Lipinski definition) is 8. The number of imidazole rings is 1. The largest absolute Gasteiger partial charge is 0.464 e. The lowest BCUT2D eigenvalue weighted by atomic mass is 10.1. The average Bonchev–Trinajstić information content (AvgIpc) is 3.10. The number of anilines is 1. The maximum atomic E-state index is 14.0. The van der Waals surface area contributed by atoms with E-state index in [0.717, 1.165) is 31.3 Å². The highest BCUT2D eigenvalue weighted by atomic mass is 19.1. The molecule has 4 heterocycles. The lowest BCUT2D eigenvalue weighted by molar-refractivity contribution is 0.196. The van der Waals surface area contributed by atoms with Gasteiger partial charge in [-0.2, -0.15) is 9.97 Å². The van der Waals surface area contributed by atoms with Gasteiger partial charge in [-0.25, -0.2) is 9.37 Å². The van der Waals surface area contributed by atoms with E-state index in [-0.39, 0.29) is 11.8 Å². The first-order chi connectivity index (χ1) is 18.1. The van der Waals surface area contributed by atoms with Gasteiger partial charge in [-0.15, -0.1) is 0 Å². The number of halogens is 1. The van der Waals surface area contributed by atoms with Crippen molar-refractivity contribution < 1.29 is 9.13 Å². The normalized spacial score (nSPS) is 16.7. The van der Waals surface area contributed by atoms with Crippen LogP contribution >= 0.6 is 0 Å². The molecule has 4 aromatic rings. The SMILES string of the molecule is CCOc1nc(N)c2nc(-c3cncc(F)c3)n(Cc3ccc(CN4CCCCCC4CN)cc3)c2n1. The number of aromatic nitrogens is 5. The van der Waals surface area contributed by atoms with Crippen LogP contribution in [0.5, 0.6) is 6.01 Å². The molecule has 1 aliphatic rings. The van der Waals surface area contributed by atoms with Crippen LogP contribution in [-0.2, 0) is 13.1 Å². The summed E-state index contributed by atoms with van der Waals surface area (Å²) >= 11 is 0. The van der Waals surface area contributed by atoms with Gasteiger partial charge in [0.25, 0.3) is 0 Å². The van der Waals surface area contributed by atoms with Crippen LogP contribution in [0.15, 0.2) is 42.7 Å².